The van der Waals surface area contributed by atoms with E-state index in [-0.39, 0.29) is 5.75 Å². The number of azo groups is 1. The van der Waals surface area contributed by atoms with Crippen molar-refractivity contribution in [3.8, 4) is 5.75 Å². The van der Waals surface area contributed by atoms with Crippen LogP contribution in [0.3, 0.4) is 0 Å². The summed E-state index contributed by atoms with van der Waals surface area (Å²) in [5.41, 5.74) is 9.99. The van der Waals surface area contributed by atoms with Crippen molar-refractivity contribution in [2.75, 3.05) is 5.73 Å². The number of hydrogen-bond donors (Lipinski definition) is 2. The van der Waals surface area contributed by atoms with Crippen LogP contribution >= 0.6 is 0 Å². The fourth-order valence-electron chi connectivity index (χ4n) is 1.68. The first-order chi connectivity index (χ1) is 8.56. The third-order valence-electron chi connectivity index (χ3n) is 2.69. The van der Waals surface area contributed by atoms with Gasteiger partial charge in [0.15, 0.2) is 0 Å². The number of nitrogens with two attached hydrogens (primary N) is 1. The lowest BCUT2D eigenvalue weighted by Crippen LogP contribution is -1.92. The molecule has 0 spiro atoms. The summed E-state index contributed by atoms with van der Waals surface area (Å²) in [6.45, 7) is 3.88. The number of aromatic hydroxyl groups is 1. The lowest BCUT2D eigenvalue weighted by molar-refractivity contribution is 0.475. The SMILES string of the molecule is Cc1cc(N=Nc2cccc(O)c2)cc(C)c1N. The van der Waals surface area contributed by atoms with Crippen LogP contribution in [0.15, 0.2) is 46.6 Å². The van der Waals surface area contributed by atoms with E-state index in [0.29, 0.717) is 5.69 Å². The molecule has 0 aliphatic heterocycles. The van der Waals surface area contributed by atoms with Crippen LogP contribution in [-0.4, -0.2) is 5.11 Å². The summed E-state index contributed by atoms with van der Waals surface area (Å²) >= 11 is 0. The number of nitrogens with zero attached hydrogens (tertiary/aromatic N) is 2. The van der Waals surface area contributed by atoms with Gasteiger partial charge in [-0.25, -0.2) is 0 Å². The zero-order valence-electron chi connectivity index (χ0n) is 10.4. The number of anilines is 1. The second-order valence-electron chi connectivity index (χ2n) is 4.21. The highest BCUT2D eigenvalue weighted by Gasteiger charge is 2.00. The topological polar surface area (TPSA) is 71.0 Å². The van der Waals surface area contributed by atoms with Crippen molar-refractivity contribution in [1.29, 1.82) is 0 Å². The van der Waals surface area contributed by atoms with Crippen LogP contribution in [0.5, 0.6) is 5.75 Å². The van der Waals surface area contributed by atoms with Crippen molar-refractivity contribution >= 4 is 17.1 Å². The van der Waals surface area contributed by atoms with E-state index in [2.05, 4.69) is 10.2 Å². The van der Waals surface area contributed by atoms with Gasteiger partial charge in [-0.2, -0.15) is 10.2 Å². The van der Waals surface area contributed by atoms with Crippen molar-refractivity contribution in [3.05, 3.63) is 47.5 Å². The molecule has 0 unspecified atom stereocenters. The molecule has 0 bridgehead atoms. The Labute approximate surface area is 106 Å². The summed E-state index contributed by atoms with van der Waals surface area (Å²) in [5.74, 6) is 0.177. The number of benzene rings is 2. The van der Waals surface area contributed by atoms with E-state index in [4.69, 9.17) is 5.73 Å². The molecular weight excluding hydrogens is 226 g/mol. The van der Waals surface area contributed by atoms with Gasteiger partial charge in [-0.15, -0.1) is 0 Å². The fraction of sp³-hybridized carbons (Fsp3) is 0.143. The molecule has 4 heteroatoms. The molecule has 2 aromatic rings. The molecule has 2 aromatic carbocycles. The second-order valence-corrected chi connectivity index (χ2v) is 4.21. The maximum absolute atomic E-state index is 9.32. The molecule has 2 rings (SSSR count). The standard InChI is InChI=1S/C14H15N3O/c1-9-6-12(7-10(2)14(9)15)17-16-11-4-3-5-13(18)8-11/h3-8,18H,15H2,1-2H3. The minimum absolute atomic E-state index is 0.177. The Bertz CT molecular complexity index is 583. The highest BCUT2D eigenvalue weighted by Crippen LogP contribution is 2.26. The smallest absolute Gasteiger partial charge is 0.117 e. The van der Waals surface area contributed by atoms with Crippen LogP contribution in [0.25, 0.3) is 0 Å². The van der Waals surface area contributed by atoms with E-state index in [1.165, 1.54) is 0 Å². The molecule has 0 saturated heterocycles. The maximum atomic E-state index is 9.32. The predicted octanol–water partition coefficient (Wildman–Crippen LogP) is 4.01. The van der Waals surface area contributed by atoms with E-state index < -0.39 is 0 Å². The molecule has 0 fully saturated rings. The lowest BCUT2D eigenvalue weighted by atomic mass is 10.1. The molecule has 3 N–H and O–H groups in total. The van der Waals surface area contributed by atoms with E-state index in [9.17, 15) is 5.11 Å². The van der Waals surface area contributed by atoms with Gasteiger partial charge in [0.05, 0.1) is 11.4 Å². The van der Waals surface area contributed by atoms with Crippen LogP contribution in [0, 0.1) is 13.8 Å². The van der Waals surface area contributed by atoms with Crippen LogP contribution < -0.4 is 5.73 Å². The van der Waals surface area contributed by atoms with Crippen molar-refractivity contribution in [2.45, 2.75) is 13.8 Å². The Balaban J connectivity index is 2.29. The first kappa shape index (κ1) is 12.1. The van der Waals surface area contributed by atoms with Gasteiger partial charge in [0.1, 0.15) is 5.75 Å². The zero-order chi connectivity index (χ0) is 13.1. The molecule has 0 radical (unpaired) electrons. The zero-order valence-corrected chi connectivity index (χ0v) is 10.4. The van der Waals surface area contributed by atoms with E-state index in [1.807, 2.05) is 26.0 Å². The molecule has 18 heavy (non-hydrogen) atoms. The highest BCUT2D eigenvalue weighted by molar-refractivity contribution is 5.59. The van der Waals surface area contributed by atoms with Crippen molar-refractivity contribution in [3.63, 3.8) is 0 Å². The molecule has 0 amide bonds. The Hall–Kier alpha value is -2.36. The number of phenols is 1. The molecular formula is C14H15N3O. The van der Waals surface area contributed by atoms with Gasteiger partial charge in [-0.1, -0.05) is 6.07 Å². The second kappa shape index (κ2) is 4.87. The monoisotopic (exact) mass is 241 g/mol. The van der Waals surface area contributed by atoms with E-state index in [1.54, 1.807) is 24.3 Å². The summed E-state index contributed by atoms with van der Waals surface area (Å²) in [6, 6.07) is 10.4. The number of nitrogen functional groups attached to an aromatic ring is 1. The van der Waals surface area contributed by atoms with Gasteiger partial charge >= 0.3 is 0 Å². The van der Waals surface area contributed by atoms with Gasteiger partial charge in [-0.3, -0.25) is 0 Å². The fourth-order valence-corrected chi connectivity index (χ4v) is 1.68. The van der Waals surface area contributed by atoms with Gasteiger partial charge in [-0.05, 0) is 49.2 Å². The molecule has 92 valence electrons. The molecule has 0 aromatic heterocycles. The molecule has 4 nitrogen and oxygen atoms in total. The number of rotatable bonds is 2. The largest absolute Gasteiger partial charge is 0.508 e. The highest BCUT2D eigenvalue weighted by atomic mass is 16.3. The maximum Gasteiger partial charge on any atom is 0.117 e. The third-order valence-corrected chi connectivity index (χ3v) is 2.69. The minimum Gasteiger partial charge on any atom is -0.508 e. The van der Waals surface area contributed by atoms with Crippen molar-refractivity contribution in [1.82, 2.24) is 0 Å². The summed E-state index contributed by atoms with van der Waals surface area (Å²) < 4.78 is 0. The van der Waals surface area contributed by atoms with Gasteiger partial charge in [0, 0.05) is 11.8 Å². The summed E-state index contributed by atoms with van der Waals surface area (Å²) in [4.78, 5) is 0. The van der Waals surface area contributed by atoms with Gasteiger partial charge in [0.2, 0.25) is 0 Å². The number of aryl methyl sites for hydroxylation is 2. The summed E-state index contributed by atoms with van der Waals surface area (Å²) in [6.07, 6.45) is 0. The molecule has 0 heterocycles. The number of hydrogen-bond acceptors (Lipinski definition) is 4. The Kier molecular flexibility index (Phi) is 3.28. The van der Waals surface area contributed by atoms with Crippen molar-refractivity contribution < 1.29 is 5.11 Å². The Morgan fingerprint density at radius 2 is 1.56 bits per heavy atom. The Morgan fingerprint density at radius 3 is 2.17 bits per heavy atom. The third kappa shape index (κ3) is 2.66. The Morgan fingerprint density at radius 1 is 0.944 bits per heavy atom. The summed E-state index contributed by atoms with van der Waals surface area (Å²) in [7, 11) is 0. The first-order valence-electron chi connectivity index (χ1n) is 5.64. The predicted molar refractivity (Wildman–Crippen MR) is 72.6 cm³/mol. The van der Waals surface area contributed by atoms with Crippen LogP contribution in [0.2, 0.25) is 0 Å². The normalized spacial score (nSPS) is 11.0. The van der Waals surface area contributed by atoms with Gasteiger partial charge in [0.25, 0.3) is 0 Å². The molecule has 0 atom stereocenters. The minimum atomic E-state index is 0.177. The molecule has 0 aliphatic rings. The van der Waals surface area contributed by atoms with E-state index >= 15 is 0 Å². The average Bonchev–Trinajstić information content (AvgIpc) is 2.33. The van der Waals surface area contributed by atoms with E-state index in [0.717, 1.165) is 22.5 Å². The number of phenolic OH excluding ortho intramolecular Hbond substituents is 1. The quantitative estimate of drug-likeness (QED) is 0.616. The molecule has 0 aliphatic carbocycles. The average molecular weight is 241 g/mol. The lowest BCUT2D eigenvalue weighted by Gasteiger charge is -2.04. The van der Waals surface area contributed by atoms with Crippen LogP contribution in [0.1, 0.15) is 11.1 Å². The first-order valence-corrected chi connectivity index (χ1v) is 5.64. The van der Waals surface area contributed by atoms with Crippen LogP contribution in [-0.2, 0) is 0 Å². The van der Waals surface area contributed by atoms with Gasteiger partial charge < -0.3 is 10.8 Å². The summed E-state index contributed by atoms with van der Waals surface area (Å²) in [5, 5.41) is 17.5. The molecule has 0 saturated carbocycles. The van der Waals surface area contributed by atoms with Crippen molar-refractivity contribution in [2.24, 2.45) is 10.2 Å². The van der Waals surface area contributed by atoms with Crippen LogP contribution in [0.4, 0.5) is 17.1 Å².